The van der Waals surface area contributed by atoms with E-state index in [0.717, 1.165) is 89.9 Å². The lowest BCUT2D eigenvalue weighted by Crippen LogP contribution is -2.29. The van der Waals surface area contributed by atoms with Crippen LogP contribution in [-0.2, 0) is 32.7 Å². The molecule has 0 rings (SSSR count). The first-order valence-corrected chi connectivity index (χ1v) is 22.3. The van der Waals surface area contributed by atoms with E-state index in [9.17, 15) is 24.2 Å². The van der Waals surface area contributed by atoms with Crippen molar-refractivity contribution in [3.05, 3.63) is 97.2 Å². The maximum atomic E-state index is 12.5. The smallest absolute Gasteiger partial charge is 0.462 e. The van der Waals surface area contributed by atoms with Gasteiger partial charge in [-0.2, -0.15) is 0 Å². The van der Waals surface area contributed by atoms with Gasteiger partial charge in [-0.15, -0.1) is 0 Å². The highest BCUT2D eigenvalue weighted by molar-refractivity contribution is 7.47. The van der Waals surface area contributed by atoms with Crippen LogP contribution in [0.15, 0.2) is 97.2 Å². The molecule has 0 radical (unpaired) electrons. The maximum Gasteiger partial charge on any atom is 0.472 e. The van der Waals surface area contributed by atoms with Crippen molar-refractivity contribution in [3.63, 3.8) is 0 Å². The highest BCUT2D eigenvalue weighted by atomic mass is 31.2. The number of esters is 2. The van der Waals surface area contributed by atoms with E-state index >= 15 is 0 Å². The largest absolute Gasteiger partial charge is 0.472 e. The maximum absolute atomic E-state index is 12.5. The van der Waals surface area contributed by atoms with Crippen molar-refractivity contribution >= 4 is 19.8 Å². The van der Waals surface area contributed by atoms with Crippen molar-refractivity contribution in [2.45, 2.75) is 148 Å². The molecule has 0 bridgehead atoms. The Morgan fingerprint density at radius 2 is 1.14 bits per heavy atom. The highest BCUT2D eigenvalue weighted by Gasteiger charge is 2.25. The minimum atomic E-state index is -4.41. The lowest BCUT2D eigenvalue weighted by molar-refractivity contribution is -0.161. The summed E-state index contributed by atoms with van der Waals surface area (Å²) in [6, 6.07) is 0. The van der Waals surface area contributed by atoms with Crippen molar-refractivity contribution in [2.75, 3.05) is 26.4 Å². The van der Waals surface area contributed by atoms with Crippen molar-refractivity contribution < 1.29 is 42.7 Å². The average Bonchev–Trinajstić information content (AvgIpc) is 3.18. The Balaban J connectivity index is 4.37. The predicted molar refractivity (Wildman–Crippen MR) is 230 cm³/mol. The van der Waals surface area contributed by atoms with Crippen LogP contribution < -0.4 is 5.73 Å². The molecule has 0 saturated carbocycles. The van der Waals surface area contributed by atoms with Gasteiger partial charge in [0.2, 0.25) is 0 Å². The lowest BCUT2D eigenvalue weighted by Gasteiger charge is -2.19. The zero-order valence-corrected chi connectivity index (χ0v) is 35.3. The zero-order chi connectivity index (χ0) is 41.2. The molecule has 10 nitrogen and oxygen atoms in total. The molecule has 3 atom stereocenters. The van der Waals surface area contributed by atoms with Gasteiger partial charge in [0, 0.05) is 19.4 Å². The van der Waals surface area contributed by atoms with Crippen LogP contribution in [0.1, 0.15) is 136 Å². The third-order valence-corrected chi connectivity index (χ3v) is 9.01. The number of carbonyl (C=O) groups is 2. The fourth-order valence-electron chi connectivity index (χ4n) is 4.93. The van der Waals surface area contributed by atoms with E-state index < -0.39 is 32.5 Å². The fraction of sp³-hybridized carbons (Fsp3) is 0.600. The number of aliphatic hydroxyl groups is 1. The molecule has 1 unspecified atom stereocenters. The van der Waals surface area contributed by atoms with Gasteiger partial charge in [0.25, 0.3) is 0 Å². The van der Waals surface area contributed by atoms with E-state index in [4.69, 9.17) is 24.3 Å². The Bertz CT molecular complexity index is 1250. The second kappa shape index (κ2) is 40.1. The summed E-state index contributed by atoms with van der Waals surface area (Å²) in [5.41, 5.74) is 5.33. The summed E-state index contributed by atoms with van der Waals surface area (Å²) in [6.45, 7) is 3.32. The number of phosphoric ester groups is 1. The quantitative estimate of drug-likeness (QED) is 0.0239. The topological polar surface area (TPSA) is 155 Å². The number of phosphoric acid groups is 1. The second-order valence-electron chi connectivity index (χ2n) is 13.3. The van der Waals surface area contributed by atoms with Gasteiger partial charge in [0.1, 0.15) is 6.61 Å². The summed E-state index contributed by atoms with van der Waals surface area (Å²) < 4.78 is 32.6. The molecular formula is C45H74NO9P. The molecule has 0 aromatic heterocycles. The zero-order valence-electron chi connectivity index (χ0n) is 34.4. The molecule has 4 N–H and O–H groups in total. The number of nitrogens with two attached hydrogens (primary N) is 1. The molecule has 318 valence electrons. The van der Waals surface area contributed by atoms with Crippen LogP contribution in [0.25, 0.3) is 0 Å². The minimum Gasteiger partial charge on any atom is -0.462 e. The van der Waals surface area contributed by atoms with Gasteiger partial charge in [-0.05, 0) is 83.5 Å². The second-order valence-corrected chi connectivity index (χ2v) is 14.7. The Labute approximate surface area is 339 Å². The Hall–Kier alpha value is -3.11. The standard InChI is InChI=1S/C45H74NO9P/c1-3-5-7-8-9-10-11-12-13-14-15-16-20-23-26-29-32-36-44(48)52-40-43(41-54-56(50,51)53-39-38-46)55-45(49)37-33-30-27-24-21-18-17-19-22-25-28-31-35-42(47)34-6-4-2/h5,7,9-10,12-13,15-18,22,24-25,27,31,35,42-43,47H,3-4,6,8,11,14,19-21,23,26,28-30,32-34,36-41,46H2,1-2H3,(H,50,51)/b7-5-,10-9-,13-12-,16-15-,18-17-,25-22-,27-24-,35-31-/t42-,43-/m1/s1. The van der Waals surface area contributed by atoms with Crippen LogP contribution in [0.4, 0.5) is 0 Å². The first kappa shape index (κ1) is 52.9. The van der Waals surface area contributed by atoms with Gasteiger partial charge in [-0.1, -0.05) is 137 Å². The minimum absolute atomic E-state index is 0.0286. The van der Waals surface area contributed by atoms with E-state index in [1.54, 1.807) is 0 Å². The first-order valence-electron chi connectivity index (χ1n) is 20.8. The number of carbonyl (C=O) groups excluding carboxylic acids is 2. The molecule has 0 fully saturated rings. The van der Waals surface area contributed by atoms with E-state index in [0.29, 0.717) is 19.3 Å². The molecule has 0 aliphatic rings. The van der Waals surface area contributed by atoms with E-state index in [-0.39, 0.29) is 38.7 Å². The lowest BCUT2D eigenvalue weighted by atomic mass is 10.1. The molecule has 0 spiro atoms. The van der Waals surface area contributed by atoms with Gasteiger partial charge < -0.3 is 25.2 Å². The summed E-state index contributed by atoms with van der Waals surface area (Å²) in [7, 11) is -4.41. The molecular weight excluding hydrogens is 729 g/mol. The number of ether oxygens (including phenoxy) is 2. The normalized spacial score (nSPS) is 14.9. The number of hydrogen-bond donors (Lipinski definition) is 3. The summed E-state index contributed by atoms with van der Waals surface area (Å²) in [5.74, 6) is -0.957. The Kier molecular flexibility index (Phi) is 37.9. The third kappa shape index (κ3) is 39.1. The summed E-state index contributed by atoms with van der Waals surface area (Å²) in [5, 5.41) is 9.81. The molecule has 56 heavy (non-hydrogen) atoms. The van der Waals surface area contributed by atoms with Crippen LogP contribution in [-0.4, -0.2) is 60.5 Å². The Morgan fingerprint density at radius 3 is 1.71 bits per heavy atom. The van der Waals surface area contributed by atoms with Gasteiger partial charge >= 0.3 is 19.8 Å². The van der Waals surface area contributed by atoms with Crippen LogP contribution >= 0.6 is 7.82 Å². The third-order valence-electron chi connectivity index (χ3n) is 8.02. The number of unbranched alkanes of at least 4 members (excludes halogenated alkanes) is 6. The number of allylic oxidation sites excluding steroid dienone is 15. The molecule has 0 aliphatic carbocycles. The molecule has 0 aliphatic heterocycles. The summed E-state index contributed by atoms with van der Waals surface area (Å²) in [6.07, 6.45) is 47.8. The van der Waals surface area contributed by atoms with Gasteiger partial charge in [0.15, 0.2) is 6.10 Å². The molecule has 11 heteroatoms. The number of aliphatic hydroxyl groups excluding tert-OH is 1. The van der Waals surface area contributed by atoms with Crippen molar-refractivity contribution in [3.8, 4) is 0 Å². The monoisotopic (exact) mass is 804 g/mol. The van der Waals surface area contributed by atoms with E-state index in [1.807, 2.05) is 24.3 Å². The van der Waals surface area contributed by atoms with Crippen LogP contribution in [0, 0.1) is 0 Å². The van der Waals surface area contributed by atoms with E-state index in [2.05, 4.69) is 86.8 Å². The molecule has 0 aromatic carbocycles. The van der Waals surface area contributed by atoms with Gasteiger partial charge in [-0.25, -0.2) is 4.57 Å². The van der Waals surface area contributed by atoms with Crippen molar-refractivity contribution in [2.24, 2.45) is 5.73 Å². The van der Waals surface area contributed by atoms with Crippen LogP contribution in [0.3, 0.4) is 0 Å². The average molecular weight is 804 g/mol. The molecule has 0 heterocycles. The number of hydrogen-bond acceptors (Lipinski definition) is 9. The van der Waals surface area contributed by atoms with Crippen LogP contribution in [0.2, 0.25) is 0 Å². The number of rotatable bonds is 37. The highest BCUT2D eigenvalue weighted by Crippen LogP contribution is 2.43. The summed E-state index contributed by atoms with van der Waals surface area (Å²) in [4.78, 5) is 34.8. The molecule has 0 amide bonds. The first-order chi connectivity index (χ1) is 27.2. The van der Waals surface area contributed by atoms with Crippen molar-refractivity contribution in [1.29, 1.82) is 0 Å². The predicted octanol–water partition coefficient (Wildman–Crippen LogP) is 10.8. The fourth-order valence-corrected chi connectivity index (χ4v) is 5.69. The van der Waals surface area contributed by atoms with Gasteiger partial charge in [0.05, 0.1) is 19.3 Å². The summed E-state index contributed by atoms with van der Waals surface area (Å²) >= 11 is 0. The Morgan fingerprint density at radius 1 is 0.625 bits per heavy atom. The van der Waals surface area contributed by atoms with E-state index in [1.165, 1.54) is 0 Å². The van der Waals surface area contributed by atoms with Gasteiger partial charge in [-0.3, -0.25) is 18.6 Å². The molecule has 0 aromatic rings. The SMILES string of the molecule is CC/C=C\C/C=C\C/C=C\C/C=C\CCCCCCC(=O)OC[C@H](COP(=O)(O)OCCN)OC(=O)CCC/C=C\C/C=C\C/C=C\C/C=C\[C@H](O)CCCC. The van der Waals surface area contributed by atoms with Crippen LogP contribution in [0.5, 0.6) is 0 Å². The molecule has 0 saturated heterocycles. The van der Waals surface area contributed by atoms with Crippen molar-refractivity contribution in [1.82, 2.24) is 0 Å².